The van der Waals surface area contributed by atoms with Crippen LogP contribution >= 0.6 is 11.6 Å². The van der Waals surface area contributed by atoms with Crippen LogP contribution in [-0.2, 0) is 12.0 Å². The molecule has 0 bridgehead atoms. The summed E-state index contributed by atoms with van der Waals surface area (Å²) >= 11 is 6.05. The number of amides is 1. The molecule has 0 radical (unpaired) electrons. The maximum absolute atomic E-state index is 13.8. The van der Waals surface area contributed by atoms with Crippen LogP contribution in [0.25, 0.3) is 10.9 Å². The SMILES string of the molecule is Cc1cc2cc[nH]c2c(C(=O)N(CCN(C)c2ccc(Cl)cc2)Cc2ccc(C(C)(C)C)cc2)n1. The van der Waals surface area contributed by atoms with Gasteiger partial charge in [-0.3, -0.25) is 4.79 Å². The molecule has 0 aliphatic heterocycles. The predicted molar refractivity (Wildman–Crippen MR) is 145 cm³/mol. The van der Waals surface area contributed by atoms with E-state index < -0.39 is 0 Å². The van der Waals surface area contributed by atoms with Gasteiger partial charge in [-0.15, -0.1) is 0 Å². The van der Waals surface area contributed by atoms with Crippen molar-refractivity contribution in [3.8, 4) is 0 Å². The third kappa shape index (κ3) is 5.85. The molecule has 0 atom stereocenters. The summed E-state index contributed by atoms with van der Waals surface area (Å²) in [6.07, 6.45) is 1.85. The van der Waals surface area contributed by atoms with Gasteiger partial charge < -0.3 is 14.8 Å². The second-order valence-electron chi connectivity index (χ2n) is 10.1. The number of hydrogen-bond donors (Lipinski definition) is 1. The lowest BCUT2D eigenvalue weighted by Gasteiger charge is -2.27. The van der Waals surface area contributed by atoms with Gasteiger partial charge in [0.05, 0.1) is 5.52 Å². The fourth-order valence-electron chi connectivity index (χ4n) is 4.18. The molecule has 35 heavy (non-hydrogen) atoms. The molecule has 0 spiro atoms. The predicted octanol–water partition coefficient (Wildman–Crippen LogP) is 6.60. The van der Waals surface area contributed by atoms with Crippen LogP contribution in [0.5, 0.6) is 0 Å². The molecule has 0 aliphatic rings. The summed E-state index contributed by atoms with van der Waals surface area (Å²) in [6.45, 7) is 10.3. The lowest BCUT2D eigenvalue weighted by atomic mass is 9.87. The van der Waals surface area contributed by atoms with E-state index in [2.05, 4.69) is 59.9 Å². The molecule has 1 N–H and O–H groups in total. The zero-order chi connectivity index (χ0) is 25.2. The molecular weight excluding hydrogens is 456 g/mol. The molecule has 4 aromatic rings. The average Bonchev–Trinajstić information content (AvgIpc) is 3.29. The number of hydrogen-bond acceptors (Lipinski definition) is 3. The third-order valence-electron chi connectivity index (χ3n) is 6.32. The summed E-state index contributed by atoms with van der Waals surface area (Å²) < 4.78 is 0. The normalized spacial score (nSPS) is 11.6. The number of aromatic nitrogens is 2. The second kappa shape index (κ2) is 10.1. The fraction of sp³-hybridized carbons (Fsp3) is 0.310. The van der Waals surface area contributed by atoms with Gasteiger partial charge in [0.15, 0.2) is 5.69 Å². The summed E-state index contributed by atoms with van der Waals surface area (Å²) in [7, 11) is 2.03. The number of H-pyrrole nitrogens is 1. The van der Waals surface area contributed by atoms with Gasteiger partial charge in [0.2, 0.25) is 0 Å². The summed E-state index contributed by atoms with van der Waals surface area (Å²) in [5.74, 6) is -0.0782. The van der Waals surface area contributed by atoms with E-state index in [-0.39, 0.29) is 11.3 Å². The Balaban J connectivity index is 1.61. The van der Waals surface area contributed by atoms with Crippen molar-refractivity contribution in [3.63, 3.8) is 0 Å². The molecular formula is C29H33ClN4O. The van der Waals surface area contributed by atoms with Crippen molar-refractivity contribution >= 4 is 34.1 Å². The van der Waals surface area contributed by atoms with Crippen molar-refractivity contribution < 1.29 is 4.79 Å². The number of anilines is 1. The van der Waals surface area contributed by atoms with Crippen LogP contribution < -0.4 is 4.90 Å². The van der Waals surface area contributed by atoms with Crippen LogP contribution in [0.15, 0.2) is 66.9 Å². The molecule has 2 aromatic carbocycles. The summed E-state index contributed by atoms with van der Waals surface area (Å²) in [5, 5.41) is 1.70. The van der Waals surface area contributed by atoms with Crippen molar-refractivity contribution in [2.75, 3.05) is 25.0 Å². The van der Waals surface area contributed by atoms with Gasteiger partial charge in [0.1, 0.15) is 0 Å². The van der Waals surface area contributed by atoms with Gasteiger partial charge in [0, 0.05) is 54.7 Å². The van der Waals surface area contributed by atoms with Crippen LogP contribution in [-0.4, -0.2) is 40.9 Å². The molecule has 0 saturated heterocycles. The number of nitrogens with zero attached hydrogens (tertiary/aromatic N) is 3. The molecule has 6 heteroatoms. The highest BCUT2D eigenvalue weighted by atomic mass is 35.5. The van der Waals surface area contributed by atoms with E-state index in [1.165, 1.54) is 5.56 Å². The van der Waals surface area contributed by atoms with Gasteiger partial charge in [-0.05, 0) is 59.9 Å². The highest BCUT2D eigenvalue weighted by molar-refractivity contribution is 6.30. The molecule has 4 rings (SSSR count). The first-order chi connectivity index (χ1) is 16.6. The van der Waals surface area contributed by atoms with Crippen LogP contribution in [0.3, 0.4) is 0 Å². The molecule has 0 fully saturated rings. The Morgan fingerprint density at radius 3 is 2.34 bits per heavy atom. The van der Waals surface area contributed by atoms with Gasteiger partial charge in [-0.25, -0.2) is 4.98 Å². The number of aryl methyl sites for hydroxylation is 1. The maximum atomic E-state index is 13.8. The van der Waals surface area contributed by atoms with E-state index in [0.717, 1.165) is 27.8 Å². The minimum atomic E-state index is -0.0782. The highest BCUT2D eigenvalue weighted by Gasteiger charge is 2.22. The molecule has 0 unspecified atom stereocenters. The average molecular weight is 489 g/mol. The van der Waals surface area contributed by atoms with Gasteiger partial charge in [0.25, 0.3) is 5.91 Å². The number of aromatic amines is 1. The number of carbonyl (C=O) groups is 1. The van der Waals surface area contributed by atoms with Crippen molar-refractivity contribution in [3.05, 3.63) is 94.4 Å². The van der Waals surface area contributed by atoms with E-state index in [1.807, 2.05) is 61.5 Å². The molecule has 1 amide bonds. The van der Waals surface area contributed by atoms with E-state index in [0.29, 0.717) is 30.4 Å². The lowest BCUT2D eigenvalue weighted by molar-refractivity contribution is 0.0744. The largest absolute Gasteiger partial charge is 0.373 e. The summed E-state index contributed by atoms with van der Waals surface area (Å²) in [4.78, 5) is 25.7. The van der Waals surface area contributed by atoms with Crippen LogP contribution in [0.2, 0.25) is 5.02 Å². The van der Waals surface area contributed by atoms with Crippen molar-refractivity contribution in [2.45, 2.75) is 39.7 Å². The minimum Gasteiger partial charge on any atom is -0.373 e. The molecule has 0 saturated carbocycles. The van der Waals surface area contributed by atoms with Crippen molar-refractivity contribution in [1.82, 2.24) is 14.9 Å². The molecule has 182 valence electrons. The number of halogens is 1. The number of nitrogens with one attached hydrogen (secondary N) is 1. The number of likely N-dealkylation sites (N-methyl/N-ethyl adjacent to an activating group) is 1. The molecule has 0 aliphatic carbocycles. The van der Waals surface area contributed by atoms with E-state index in [1.54, 1.807) is 0 Å². The molecule has 5 nitrogen and oxygen atoms in total. The van der Waals surface area contributed by atoms with E-state index in [4.69, 9.17) is 11.6 Å². The first kappa shape index (κ1) is 24.8. The van der Waals surface area contributed by atoms with Gasteiger partial charge in [-0.1, -0.05) is 56.6 Å². The quantitative estimate of drug-likeness (QED) is 0.319. The van der Waals surface area contributed by atoms with Crippen molar-refractivity contribution in [2.24, 2.45) is 0 Å². The van der Waals surface area contributed by atoms with Crippen LogP contribution in [0, 0.1) is 6.92 Å². The van der Waals surface area contributed by atoms with Gasteiger partial charge in [-0.2, -0.15) is 0 Å². The second-order valence-corrected chi connectivity index (χ2v) is 10.6. The first-order valence-electron chi connectivity index (χ1n) is 11.9. The molecule has 2 heterocycles. The number of carbonyl (C=O) groups excluding carboxylic acids is 1. The van der Waals surface area contributed by atoms with Gasteiger partial charge >= 0.3 is 0 Å². The Morgan fingerprint density at radius 2 is 1.69 bits per heavy atom. The maximum Gasteiger partial charge on any atom is 0.275 e. The number of benzene rings is 2. The Hall–Kier alpha value is -3.31. The van der Waals surface area contributed by atoms with E-state index in [9.17, 15) is 4.79 Å². The smallest absolute Gasteiger partial charge is 0.275 e. The monoisotopic (exact) mass is 488 g/mol. The number of fused-ring (bicyclic) bond motifs is 1. The highest BCUT2D eigenvalue weighted by Crippen LogP contribution is 2.24. The summed E-state index contributed by atoms with van der Waals surface area (Å²) in [5.41, 5.74) is 5.57. The Kier molecular flexibility index (Phi) is 7.18. The first-order valence-corrected chi connectivity index (χ1v) is 12.3. The van der Waals surface area contributed by atoms with Crippen molar-refractivity contribution in [1.29, 1.82) is 0 Å². The Morgan fingerprint density at radius 1 is 1.00 bits per heavy atom. The van der Waals surface area contributed by atoms with Crippen LogP contribution in [0.4, 0.5) is 5.69 Å². The topological polar surface area (TPSA) is 52.2 Å². The zero-order valence-electron chi connectivity index (χ0n) is 21.1. The zero-order valence-corrected chi connectivity index (χ0v) is 21.9. The molecule has 2 aromatic heterocycles. The lowest BCUT2D eigenvalue weighted by Crippen LogP contribution is -2.37. The Labute approximate surface area is 212 Å². The number of rotatable bonds is 7. The standard InChI is InChI=1S/C29H33ClN4O/c1-20-18-22-14-15-31-26(22)27(32-20)28(35)34(17-16-33(5)25-12-10-24(30)11-13-25)19-21-6-8-23(9-7-21)29(2,3)4/h6-15,18,31H,16-17,19H2,1-5H3. The number of pyridine rings is 1. The summed E-state index contributed by atoms with van der Waals surface area (Å²) in [6, 6.07) is 20.3. The Bertz CT molecular complexity index is 1300. The van der Waals surface area contributed by atoms with Crippen LogP contribution in [0.1, 0.15) is 48.1 Å². The third-order valence-corrected chi connectivity index (χ3v) is 6.58. The fourth-order valence-corrected chi connectivity index (χ4v) is 4.31. The van der Waals surface area contributed by atoms with E-state index >= 15 is 0 Å². The minimum absolute atomic E-state index is 0.0782.